The molecule has 1 aliphatic carbocycles. The van der Waals surface area contributed by atoms with Crippen molar-refractivity contribution in [1.29, 1.82) is 0 Å². The lowest BCUT2D eigenvalue weighted by atomic mass is 10.3. The van der Waals surface area contributed by atoms with Crippen molar-refractivity contribution in [1.82, 2.24) is 24.9 Å². The lowest BCUT2D eigenvalue weighted by molar-refractivity contribution is 0.423. The zero-order valence-corrected chi connectivity index (χ0v) is 11.0. The standard InChI is InChI=1S/C14H13N5O/c1-9-8-11(20-18-9)14-16-13(10-5-6-10)17-19(14)12-4-2-3-7-15-12/h2-4,7-8,10H,5-6H2,1H3. The van der Waals surface area contributed by atoms with Crippen LogP contribution in [0.2, 0.25) is 0 Å². The molecule has 6 heteroatoms. The molecule has 0 bridgehead atoms. The van der Waals surface area contributed by atoms with Gasteiger partial charge in [-0.2, -0.15) is 4.68 Å². The molecule has 4 rings (SSSR count). The minimum Gasteiger partial charge on any atom is -0.353 e. The van der Waals surface area contributed by atoms with E-state index in [1.165, 1.54) is 0 Å². The molecule has 0 unspecified atom stereocenters. The van der Waals surface area contributed by atoms with Crippen LogP contribution in [0.15, 0.2) is 35.0 Å². The Kier molecular flexibility index (Phi) is 2.42. The van der Waals surface area contributed by atoms with E-state index in [1.54, 1.807) is 10.9 Å². The topological polar surface area (TPSA) is 69.6 Å². The molecular formula is C14H13N5O. The maximum Gasteiger partial charge on any atom is 0.204 e. The second kappa shape index (κ2) is 4.26. The van der Waals surface area contributed by atoms with Crippen molar-refractivity contribution in [3.8, 4) is 17.4 Å². The van der Waals surface area contributed by atoms with Crippen molar-refractivity contribution in [2.45, 2.75) is 25.7 Å². The van der Waals surface area contributed by atoms with Gasteiger partial charge in [-0.1, -0.05) is 11.2 Å². The Morgan fingerprint density at radius 1 is 1.30 bits per heavy atom. The molecule has 100 valence electrons. The summed E-state index contributed by atoms with van der Waals surface area (Å²) < 4.78 is 7.05. The highest BCUT2D eigenvalue weighted by Crippen LogP contribution is 2.39. The van der Waals surface area contributed by atoms with Crippen LogP contribution < -0.4 is 0 Å². The van der Waals surface area contributed by atoms with Gasteiger partial charge in [-0.15, -0.1) is 5.10 Å². The van der Waals surface area contributed by atoms with Crippen molar-refractivity contribution in [2.75, 3.05) is 0 Å². The third-order valence-electron chi connectivity index (χ3n) is 3.28. The first kappa shape index (κ1) is 11.3. The lowest BCUT2D eigenvalue weighted by Crippen LogP contribution is -2.01. The molecule has 3 aromatic heterocycles. The van der Waals surface area contributed by atoms with E-state index < -0.39 is 0 Å². The fraction of sp³-hybridized carbons (Fsp3) is 0.286. The number of hydrogen-bond acceptors (Lipinski definition) is 5. The van der Waals surface area contributed by atoms with Crippen LogP contribution in [0.3, 0.4) is 0 Å². The SMILES string of the molecule is Cc1cc(-c2nc(C3CC3)nn2-c2ccccn2)on1. The minimum absolute atomic E-state index is 0.475. The monoisotopic (exact) mass is 267 g/mol. The summed E-state index contributed by atoms with van der Waals surface area (Å²) in [5, 5.41) is 8.50. The molecule has 0 radical (unpaired) electrons. The Hall–Kier alpha value is -2.50. The van der Waals surface area contributed by atoms with E-state index in [9.17, 15) is 0 Å². The van der Waals surface area contributed by atoms with Crippen molar-refractivity contribution >= 4 is 0 Å². The summed E-state index contributed by atoms with van der Waals surface area (Å²) in [6.07, 6.45) is 4.05. The second-order valence-corrected chi connectivity index (χ2v) is 5.00. The van der Waals surface area contributed by atoms with Gasteiger partial charge in [0.2, 0.25) is 11.6 Å². The molecule has 1 fully saturated rings. The van der Waals surface area contributed by atoms with E-state index in [0.29, 0.717) is 17.5 Å². The van der Waals surface area contributed by atoms with Gasteiger partial charge in [0.25, 0.3) is 0 Å². The van der Waals surface area contributed by atoms with Gasteiger partial charge in [0.1, 0.15) is 0 Å². The van der Waals surface area contributed by atoms with E-state index in [0.717, 1.165) is 30.2 Å². The van der Waals surface area contributed by atoms with E-state index in [1.807, 2.05) is 31.2 Å². The molecule has 1 saturated carbocycles. The summed E-state index contributed by atoms with van der Waals surface area (Å²) in [5.74, 6) is 3.34. The van der Waals surface area contributed by atoms with Gasteiger partial charge in [0.05, 0.1) is 5.69 Å². The van der Waals surface area contributed by atoms with Crippen LogP contribution in [0, 0.1) is 6.92 Å². The van der Waals surface area contributed by atoms with Crippen molar-refractivity contribution in [2.24, 2.45) is 0 Å². The van der Waals surface area contributed by atoms with Crippen LogP contribution in [0.25, 0.3) is 17.4 Å². The van der Waals surface area contributed by atoms with Crippen LogP contribution in [0.4, 0.5) is 0 Å². The summed E-state index contributed by atoms with van der Waals surface area (Å²) in [5.41, 5.74) is 0.823. The largest absolute Gasteiger partial charge is 0.353 e. The predicted octanol–water partition coefficient (Wildman–Crippen LogP) is 2.50. The molecule has 0 spiro atoms. The predicted molar refractivity (Wildman–Crippen MR) is 71.4 cm³/mol. The molecular weight excluding hydrogens is 254 g/mol. The number of nitrogens with zero attached hydrogens (tertiary/aromatic N) is 5. The minimum atomic E-state index is 0.475. The van der Waals surface area contributed by atoms with E-state index in [-0.39, 0.29) is 0 Å². The Bertz CT molecular complexity index is 742. The Labute approximate surface area is 115 Å². The Morgan fingerprint density at radius 3 is 2.85 bits per heavy atom. The highest BCUT2D eigenvalue weighted by atomic mass is 16.5. The highest BCUT2D eigenvalue weighted by molar-refractivity contribution is 5.50. The first-order valence-electron chi connectivity index (χ1n) is 6.63. The molecule has 0 atom stereocenters. The number of hydrogen-bond donors (Lipinski definition) is 0. The fourth-order valence-corrected chi connectivity index (χ4v) is 2.11. The van der Waals surface area contributed by atoms with Gasteiger partial charge < -0.3 is 4.52 Å². The normalized spacial score (nSPS) is 14.7. The average molecular weight is 267 g/mol. The molecule has 3 heterocycles. The van der Waals surface area contributed by atoms with Gasteiger partial charge in [-0.3, -0.25) is 0 Å². The summed E-state index contributed by atoms with van der Waals surface area (Å²) in [7, 11) is 0. The quantitative estimate of drug-likeness (QED) is 0.729. The number of pyridine rings is 1. The smallest absolute Gasteiger partial charge is 0.204 e. The van der Waals surface area contributed by atoms with E-state index in [2.05, 4.69) is 20.2 Å². The summed E-state index contributed by atoms with van der Waals surface area (Å²) in [4.78, 5) is 8.94. The molecule has 0 aromatic carbocycles. The third kappa shape index (κ3) is 1.89. The maximum absolute atomic E-state index is 5.32. The van der Waals surface area contributed by atoms with Crippen molar-refractivity contribution in [3.05, 3.63) is 42.0 Å². The average Bonchev–Trinajstić information content (AvgIpc) is 3.08. The van der Waals surface area contributed by atoms with Gasteiger partial charge in [-0.05, 0) is 31.9 Å². The van der Waals surface area contributed by atoms with Gasteiger partial charge >= 0.3 is 0 Å². The van der Waals surface area contributed by atoms with Crippen LogP contribution >= 0.6 is 0 Å². The molecule has 0 saturated heterocycles. The lowest BCUT2D eigenvalue weighted by Gasteiger charge is -2.01. The zero-order valence-electron chi connectivity index (χ0n) is 11.0. The first-order valence-corrected chi connectivity index (χ1v) is 6.63. The highest BCUT2D eigenvalue weighted by Gasteiger charge is 2.30. The van der Waals surface area contributed by atoms with Crippen LogP contribution in [-0.4, -0.2) is 24.9 Å². The van der Waals surface area contributed by atoms with Crippen LogP contribution in [-0.2, 0) is 0 Å². The van der Waals surface area contributed by atoms with Gasteiger partial charge in [0.15, 0.2) is 11.6 Å². The number of aromatic nitrogens is 5. The molecule has 1 aliphatic rings. The molecule has 0 amide bonds. The maximum atomic E-state index is 5.32. The molecule has 6 nitrogen and oxygen atoms in total. The first-order chi connectivity index (χ1) is 9.81. The second-order valence-electron chi connectivity index (χ2n) is 5.00. The third-order valence-corrected chi connectivity index (χ3v) is 3.28. The summed E-state index contributed by atoms with van der Waals surface area (Å²) >= 11 is 0. The molecule has 3 aromatic rings. The number of aryl methyl sites for hydroxylation is 1. The van der Waals surface area contributed by atoms with E-state index in [4.69, 9.17) is 4.52 Å². The Morgan fingerprint density at radius 2 is 2.20 bits per heavy atom. The molecule has 0 N–H and O–H groups in total. The molecule has 0 aliphatic heterocycles. The van der Waals surface area contributed by atoms with Crippen LogP contribution in [0.1, 0.15) is 30.3 Å². The van der Waals surface area contributed by atoms with Crippen molar-refractivity contribution < 1.29 is 4.52 Å². The van der Waals surface area contributed by atoms with Gasteiger partial charge in [-0.25, -0.2) is 9.97 Å². The fourth-order valence-electron chi connectivity index (χ4n) is 2.11. The number of rotatable bonds is 3. The van der Waals surface area contributed by atoms with Crippen molar-refractivity contribution in [3.63, 3.8) is 0 Å². The summed E-state index contributed by atoms with van der Waals surface area (Å²) in [6.45, 7) is 1.89. The molecule has 20 heavy (non-hydrogen) atoms. The van der Waals surface area contributed by atoms with E-state index >= 15 is 0 Å². The summed E-state index contributed by atoms with van der Waals surface area (Å²) in [6, 6.07) is 7.56. The Balaban J connectivity index is 1.87. The van der Waals surface area contributed by atoms with Crippen LogP contribution in [0.5, 0.6) is 0 Å². The zero-order chi connectivity index (χ0) is 13.5. The van der Waals surface area contributed by atoms with Gasteiger partial charge in [0, 0.05) is 18.2 Å².